The average molecular weight is 511 g/mol. The fourth-order valence-corrected chi connectivity index (χ4v) is 6.61. The highest BCUT2D eigenvalue weighted by Gasteiger charge is 2.35. The van der Waals surface area contributed by atoms with Gasteiger partial charge in [0.2, 0.25) is 11.8 Å². The van der Waals surface area contributed by atoms with Crippen molar-refractivity contribution in [1.29, 1.82) is 0 Å². The van der Waals surface area contributed by atoms with Crippen LogP contribution in [0.4, 0.5) is 5.69 Å². The van der Waals surface area contributed by atoms with Crippen LogP contribution in [0.3, 0.4) is 0 Å². The summed E-state index contributed by atoms with van der Waals surface area (Å²) in [6, 6.07) is 9.18. The molecule has 0 aromatic heterocycles. The van der Waals surface area contributed by atoms with Crippen molar-refractivity contribution in [1.82, 2.24) is 14.7 Å². The summed E-state index contributed by atoms with van der Waals surface area (Å²) >= 11 is 0. The summed E-state index contributed by atoms with van der Waals surface area (Å²) in [6.07, 6.45) is 9.09. The first-order valence-electron chi connectivity index (χ1n) is 15.0. The number of para-hydroxylation sites is 1. The Bertz CT molecular complexity index is 895. The Hall–Kier alpha value is -1.92. The summed E-state index contributed by atoms with van der Waals surface area (Å²) in [5.41, 5.74) is 2.10. The van der Waals surface area contributed by atoms with Gasteiger partial charge in [-0.2, -0.15) is 0 Å². The summed E-state index contributed by atoms with van der Waals surface area (Å²) in [6.45, 7) is 12.0. The fourth-order valence-electron chi connectivity index (χ4n) is 6.61. The smallest absolute Gasteiger partial charge is 0.226 e. The van der Waals surface area contributed by atoms with Gasteiger partial charge in [0.05, 0.1) is 0 Å². The molecule has 4 rings (SSSR count). The quantitative estimate of drug-likeness (QED) is 0.530. The first-order chi connectivity index (χ1) is 17.9. The van der Waals surface area contributed by atoms with Gasteiger partial charge in [-0.3, -0.25) is 14.5 Å². The summed E-state index contributed by atoms with van der Waals surface area (Å²) < 4.78 is 0. The molecule has 37 heavy (non-hydrogen) atoms. The summed E-state index contributed by atoms with van der Waals surface area (Å²) in [5.74, 6) is 1.61. The zero-order valence-corrected chi connectivity index (χ0v) is 23.8. The number of amides is 2. The third-order valence-electron chi connectivity index (χ3n) is 9.00. The van der Waals surface area contributed by atoms with Crippen molar-refractivity contribution in [2.45, 2.75) is 97.2 Å². The van der Waals surface area contributed by atoms with E-state index in [9.17, 15) is 9.59 Å². The second-order valence-electron chi connectivity index (χ2n) is 12.2. The lowest BCUT2D eigenvalue weighted by Gasteiger charge is -2.44. The highest BCUT2D eigenvalue weighted by molar-refractivity contribution is 5.94. The number of rotatable bonds is 6. The van der Waals surface area contributed by atoms with Crippen molar-refractivity contribution in [2.24, 2.45) is 11.8 Å². The summed E-state index contributed by atoms with van der Waals surface area (Å²) in [5, 5.41) is 0. The van der Waals surface area contributed by atoms with Gasteiger partial charge in [-0.25, -0.2) is 0 Å². The second kappa shape index (κ2) is 13.2. The zero-order valence-electron chi connectivity index (χ0n) is 23.8. The Balaban J connectivity index is 1.65. The first-order valence-corrected chi connectivity index (χ1v) is 15.0. The molecule has 0 N–H and O–H groups in total. The molecule has 6 nitrogen and oxygen atoms in total. The number of benzene rings is 1. The number of fused-ring (bicyclic) bond motifs is 3. The Labute approximate surface area is 225 Å². The minimum absolute atomic E-state index is 0.178. The van der Waals surface area contributed by atoms with E-state index in [0.29, 0.717) is 49.2 Å². The SMILES string of the molecule is CCC(=O)N1CCC2CCCC(CN(C(=O)CC3CCN(C)CC3)Cc3ccccc31)N2CCC(C)C. The normalized spacial score (nSPS) is 24.6. The third-order valence-corrected chi connectivity index (χ3v) is 9.00. The largest absolute Gasteiger partial charge is 0.337 e. The molecule has 1 aromatic carbocycles. The highest BCUT2D eigenvalue weighted by Crippen LogP contribution is 2.32. The Morgan fingerprint density at radius 2 is 1.68 bits per heavy atom. The van der Waals surface area contributed by atoms with Crippen LogP contribution in [0.1, 0.15) is 84.1 Å². The Kier molecular flexibility index (Phi) is 10.1. The zero-order chi connectivity index (χ0) is 26.4. The average Bonchev–Trinajstić information content (AvgIpc) is 2.90. The van der Waals surface area contributed by atoms with Crippen LogP contribution in [-0.4, -0.2) is 78.4 Å². The molecule has 3 aliphatic rings. The van der Waals surface area contributed by atoms with Crippen LogP contribution in [0.5, 0.6) is 0 Å². The van der Waals surface area contributed by atoms with E-state index in [1.165, 1.54) is 19.3 Å². The molecule has 3 heterocycles. The van der Waals surface area contributed by atoms with E-state index in [4.69, 9.17) is 0 Å². The molecule has 1 aromatic rings. The number of piperidine rings is 2. The van der Waals surface area contributed by atoms with Gasteiger partial charge in [0.25, 0.3) is 0 Å². The van der Waals surface area contributed by atoms with E-state index in [1.807, 2.05) is 17.9 Å². The highest BCUT2D eigenvalue weighted by atomic mass is 16.2. The van der Waals surface area contributed by atoms with Crippen molar-refractivity contribution in [2.75, 3.05) is 44.7 Å². The maximum absolute atomic E-state index is 13.9. The lowest BCUT2D eigenvalue weighted by atomic mass is 9.91. The topological polar surface area (TPSA) is 47.1 Å². The van der Waals surface area contributed by atoms with Crippen molar-refractivity contribution < 1.29 is 9.59 Å². The molecular weight excluding hydrogens is 460 g/mol. The van der Waals surface area contributed by atoms with E-state index < -0.39 is 0 Å². The number of carbonyl (C=O) groups excluding carboxylic acids is 2. The van der Waals surface area contributed by atoms with Crippen molar-refractivity contribution in [3.63, 3.8) is 0 Å². The van der Waals surface area contributed by atoms with Crippen molar-refractivity contribution >= 4 is 17.5 Å². The van der Waals surface area contributed by atoms with E-state index in [0.717, 1.165) is 69.7 Å². The van der Waals surface area contributed by atoms with Gasteiger partial charge >= 0.3 is 0 Å². The molecule has 3 aliphatic heterocycles. The van der Waals surface area contributed by atoms with E-state index >= 15 is 0 Å². The van der Waals surface area contributed by atoms with E-state index in [1.54, 1.807) is 0 Å². The maximum Gasteiger partial charge on any atom is 0.226 e. The summed E-state index contributed by atoms with van der Waals surface area (Å²) in [7, 11) is 2.18. The molecule has 0 radical (unpaired) electrons. The molecule has 2 amide bonds. The number of likely N-dealkylation sites (tertiary alicyclic amines) is 1. The monoisotopic (exact) mass is 510 g/mol. The molecule has 2 unspecified atom stereocenters. The molecule has 6 heteroatoms. The fraction of sp³-hybridized carbons (Fsp3) is 0.742. The number of anilines is 1. The van der Waals surface area contributed by atoms with Gasteiger partial charge in [0.1, 0.15) is 0 Å². The number of hydrogen-bond donors (Lipinski definition) is 0. The second-order valence-corrected chi connectivity index (χ2v) is 12.2. The van der Waals surface area contributed by atoms with Crippen LogP contribution in [0.2, 0.25) is 0 Å². The van der Waals surface area contributed by atoms with Crippen molar-refractivity contribution in [3.8, 4) is 0 Å². The third kappa shape index (κ3) is 7.35. The van der Waals surface area contributed by atoms with Gasteiger partial charge in [0, 0.05) is 50.2 Å². The minimum Gasteiger partial charge on any atom is -0.337 e. The van der Waals surface area contributed by atoms with Gasteiger partial charge in [-0.05, 0) is 88.7 Å². The minimum atomic E-state index is 0.178. The van der Waals surface area contributed by atoms with Gasteiger partial charge in [0.15, 0.2) is 0 Å². The van der Waals surface area contributed by atoms with Crippen molar-refractivity contribution in [3.05, 3.63) is 29.8 Å². The van der Waals surface area contributed by atoms with Crippen LogP contribution < -0.4 is 4.90 Å². The Morgan fingerprint density at radius 3 is 2.41 bits per heavy atom. The molecule has 2 fully saturated rings. The van der Waals surface area contributed by atoms with Gasteiger partial charge < -0.3 is 14.7 Å². The lowest BCUT2D eigenvalue weighted by molar-refractivity contribution is -0.134. The molecule has 0 aliphatic carbocycles. The molecule has 0 spiro atoms. The van der Waals surface area contributed by atoms with E-state index in [2.05, 4.69) is 53.8 Å². The number of carbonyl (C=O) groups is 2. The Morgan fingerprint density at radius 1 is 0.946 bits per heavy atom. The molecule has 2 atom stereocenters. The van der Waals surface area contributed by atoms with Crippen LogP contribution in [-0.2, 0) is 16.1 Å². The predicted molar refractivity (Wildman–Crippen MR) is 152 cm³/mol. The van der Waals surface area contributed by atoms with Gasteiger partial charge in [-0.1, -0.05) is 45.4 Å². The molecular formula is C31H50N4O2. The number of hydrogen-bond acceptors (Lipinski definition) is 4. The lowest BCUT2D eigenvalue weighted by Crippen LogP contribution is -2.53. The molecule has 0 saturated carbocycles. The van der Waals surface area contributed by atoms with Crippen LogP contribution >= 0.6 is 0 Å². The predicted octanol–water partition coefficient (Wildman–Crippen LogP) is 5.16. The van der Waals surface area contributed by atoms with E-state index in [-0.39, 0.29) is 5.91 Å². The molecule has 2 bridgehead atoms. The maximum atomic E-state index is 13.9. The van der Waals surface area contributed by atoms with Crippen LogP contribution in [0.15, 0.2) is 24.3 Å². The van der Waals surface area contributed by atoms with Gasteiger partial charge in [-0.15, -0.1) is 0 Å². The first kappa shape index (κ1) is 28.1. The van der Waals surface area contributed by atoms with Crippen LogP contribution in [0, 0.1) is 11.8 Å². The molecule has 206 valence electrons. The number of nitrogens with zero attached hydrogens (tertiary/aromatic N) is 4. The molecule has 2 saturated heterocycles. The summed E-state index contributed by atoms with van der Waals surface area (Å²) in [4.78, 5) is 36.4. The van der Waals surface area contributed by atoms with Crippen LogP contribution in [0.25, 0.3) is 0 Å². The standard InChI is InChI=1S/C31H50N4O2/c1-5-30(36)35-20-16-27-10-8-11-28(34(27)19-13-24(2)3)23-33(22-26-9-6-7-12-29(26)35)31(37)21-25-14-17-32(4)18-15-25/h6-7,9,12,24-25,27-28H,5,8,10-11,13-23H2,1-4H3.